The number of rotatable bonds is 5. The largest absolute Gasteiger partial charge is 0.396 e. The molecule has 0 saturated carbocycles. The summed E-state index contributed by atoms with van der Waals surface area (Å²) in [5.74, 6) is -0.336. The summed E-state index contributed by atoms with van der Waals surface area (Å²) in [5, 5.41) is 16.7. The van der Waals surface area contributed by atoms with Crippen molar-refractivity contribution in [1.82, 2.24) is 15.1 Å². The van der Waals surface area contributed by atoms with Crippen LogP contribution in [0.1, 0.15) is 29.1 Å². The minimum absolute atomic E-state index is 0.122. The second-order valence-corrected chi connectivity index (χ2v) is 4.40. The molecule has 0 spiro atoms. The monoisotopic (exact) mass is 274 g/mol. The number of nitrogens with one attached hydrogen (secondary N) is 1. The Bertz CT molecular complexity index is 580. The van der Waals surface area contributed by atoms with Crippen molar-refractivity contribution in [1.29, 1.82) is 0 Å². The maximum Gasteiger partial charge on any atom is 0.271 e. The summed E-state index contributed by atoms with van der Waals surface area (Å²) in [4.78, 5) is 12.1. The van der Waals surface area contributed by atoms with Gasteiger partial charge in [-0.25, -0.2) is 0 Å². The zero-order valence-electron chi connectivity index (χ0n) is 11.3. The van der Waals surface area contributed by atoms with Crippen LogP contribution in [0.5, 0.6) is 0 Å². The fourth-order valence-corrected chi connectivity index (χ4v) is 1.95. The van der Waals surface area contributed by atoms with E-state index >= 15 is 0 Å². The van der Waals surface area contributed by atoms with Gasteiger partial charge < -0.3 is 16.2 Å². The predicted octanol–water partition coefficient (Wildman–Crippen LogP) is 0.949. The molecule has 1 heterocycles. The summed E-state index contributed by atoms with van der Waals surface area (Å²) in [5.41, 5.74) is 7.14. The van der Waals surface area contributed by atoms with Gasteiger partial charge in [-0.05, 0) is 12.5 Å². The Hall–Kier alpha value is -2.34. The highest BCUT2D eigenvalue weighted by Gasteiger charge is 2.17. The Balaban J connectivity index is 2.00. The molecule has 6 heteroatoms. The van der Waals surface area contributed by atoms with E-state index < -0.39 is 6.10 Å². The molecule has 0 radical (unpaired) electrons. The fraction of sp³-hybridized carbons (Fsp3) is 0.286. The molecular weight excluding hydrogens is 256 g/mol. The Kier molecular flexibility index (Phi) is 4.37. The van der Waals surface area contributed by atoms with Crippen LogP contribution in [-0.4, -0.2) is 27.3 Å². The molecule has 1 unspecified atom stereocenters. The van der Waals surface area contributed by atoms with Crippen molar-refractivity contribution in [2.45, 2.75) is 19.6 Å². The highest BCUT2D eigenvalue weighted by molar-refractivity contribution is 5.97. The first kappa shape index (κ1) is 14.1. The van der Waals surface area contributed by atoms with E-state index in [9.17, 15) is 9.90 Å². The maximum absolute atomic E-state index is 12.1. The van der Waals surface area contributed by atoms with Crippen molar-refractivity contribution >= 4 is 11.6 Å². The second kappa shape index (κ2) is 6.21. The SMILES string of the molecule is CCn1ncc(N)c1C(=O)NCC(O)c1ccccc1. The Morgan fingerprint density at radius 2 is 2.15 bits per heavy atom. The van der Waals surface area contributed by atoms with E-state index in [-0.39, 0.29) is 12.5 Å². The molecule has 0 saturated heterocycles. The molecule has 0 aliphatic rings. The molecule has 106 valence electrons. The third-order valence-corrected chi connectivity index (χ3v) is 3.02. The lowest BCUT2D eigenvalue weighted by atomic mass is 10.1. The summed E-state index contributed by atoms with van der Waals surface area (Å²) in [6, 6.07) is 9.16. The van der Waals surface area contributed by atoms with Crippen LogP contribution in [0.3, 0.4) is 0 Å². The van der Waals surface area contributed by atoms with Gasteiger partial charge in [0.2, 0.25) is 0 Å². The number of nitrogen functional groups attached to an aromatic ring is 1. The van der Waals surface area contributed by atoms with Crippen molar-refractivity contribution in [2.75, 3.05) is 12.3 Å². The van der Waals surface area contributed by atoms with Crippen LogP contribution in [0.15, 0.2) is 36.5 Å². The first-order valence-corrected chi connectivity index (χ1v) is 6.46. The molecule has 1 aromatic carbocycles. The lowest BCUT2D eigenvalue weighted by Gasteiger charge is -2.13. The van der Waals surface area contributed by atoms with Crippen LogP contribution in [0.25, 0.3) is 0 Å². The number of aliphatic hydroxyl groups is 1. The van der Waals surface area contributed by atoms with Gasteiger partial charge in [-0.1, -0.05) is 30.3 Å². The number of aromatic nitrogens is 2. The Morgan fingerprint density at radius 3 is 2.80 bits per heavy atom. The standard InChI is InChI=1S/C14H18N4O2/c1-2-18-13(11(15)8-17-18)14(20)16-9-12(19)10-6-4-3-5-7-10/h3-8,12,19H,2,9,15H2,1H3,(H,16,20). The number of hydrogen-bond donors (Lipinski definition) is 3. The van der Waals surface area contributed by atoms with Crippen LogP contribution in [0.4, 0.5) is 5.69 Å². The first-order chi connectivity index (χ1) is 9.63. The van der Waals surface area contributed by atoms with E-state index in [0.717, 1.165) is 5.56 Å². The molecule has 4 N–H and O–H groups in total. The van der Waals surface area contributed by atoms with E-state index in [2.05, 4.69) is 10.4 Å². The van der Waals surface area contributed by atoms with Crippen LogP contribution in [-0.2, 0) is 6.54 Å². The molecule has 2 aromatic rings. The smallest absolute Gasteiger partial charge is 0.271 e. The van der Waals surface area contributed by atoms with Crippen LogP contribution in [0, 0.1) is 0 Å². The maximum atomic E-state index is 12.1. The molecule has 6 nitrogen and oxygen atoms in total. The third-order valence-electron chi connectivity index (χ3n) is 3.02. The quantitative estimate of drug-likeness (QED) is 0.756. The number of anilines is 1. The van der Waals surface area contributed by atoms with E-state index in [0.29, 0.717) is 17.9 Å². The van der Waals surface area contributed by atoms with Crippen LogP contribution < -0.4 is 11.1 Å². The summed E-state index contributed by atoms with van der Waals surface area (Å²) in [7, 11) is 0. The topological polar surface area (TPSA) is 93.2 Å². The molecule has 1 atom stereocenters. The van der Waals surface area contributed by atoms with Crippen molar-refractivity contribution < 1.29 is 9.90 Å². The molecule has 20 heavy (non-hydrogen) atoms. The van der Waals surface area contributed by atoms with Gasteiger partial charge in [-0.2, -0.15) is 5.10 Å². The molecule has 1 amide bonds. The Morgan fingerprint density at radius 1 is 1.45 bits per heavy atom. The zero-order valence-corrected chi connectivity index (χ0v) is 11.3. The number of hydrogen-bond acceptors (Lipinski definition) is 4. The molecule has 0 aliphatic carbocycles. The molecule has 0 aliphatic heterocycles. The van der Waals surface area contributed by atoms with Gasteiger partial charge in [0.25, 0.3) is 5.91 Å². The number of benzene rings is 1. The van der Waals surface area contributed by atoms with E-state index in [1.807, 2.05) is 37.3 Å². The molecule has 1 aromatic heterocycles. The highest BCUT2D eigenvalue weighted by Crippen LogP contribution is 2.13. The second-order valence-electron chi connectivity index (χ2n) is 4.40. The van der Waals surface area contributed by atoms with Crippen LogP contribution >= 0.6 is 0 Å². The highest BCUT2D eigenvalue weighted by atomic mass is 16.3. The number of carbonyl (C=O) groups is 1. The third kappa shape index (κ3) is 2.97. The predicted molar refractivity (Wildman–Crippen MR) is 76.0 cm³/mol. The van der Waals surface area contributed by atoms with Gasteiger partial charge in [-0.3, -0.25) is 9.48 Å². The summed E-state index contributed by atoms with van der Waals surface area (Å²) >= 11 is 0. The first-order valence-electron chi connectivity index (χ1n) is 6.46. The molecule has 0 bridgehead atoms. The van der Waals surface area contributed by atoms with Crippen molar-refractivity contribution in [2.24, 2.45) is 0 Å². The fourth-order valence-electron chi connectivity index (χ4n) is 1.95. The van der Waals surface area contributed by atoms with Gasteiger partial charge in [0.1, 0.15) is 5.69 Å². The lowest BCUT2D eigenvalue weighted by Crippen LogP contribution is -2.30. The number of aliphatic hydroxyl groups excluding tert-OH is 1. The van der Waals surface area contributed by atoms with Crippen LogP contribution in [0.2, 0.25) is 0 Å². The van der Waals surface area contributed by atoms with E-state index in [4.69, 9.17) is 5.73 Å². The summed E-state index contributed by atoms with van der Waals surface area (Å²) in [6.45, 7) is 2.56. The number of amides is 1. The van der Waals surface area contributed by atoms with Gasteiger partial charge in [0, 0.05) is 13.1 Å². The molecular formula is C14H18N4O2. The normalized spacial score (nSPS) is 12.1. The zero-order chi connectivity index (χ0) is 14.5. The van der Waals surface area contributed by atoms with Crippen molar-refractivity contribution in [3.8, 4) is 0 Å². The van der Waals surface area contributed by atoms with Crippen molar-refractivity contribution in [3.63, 3.8) is 0 Å². The molecule has 2 rings (SSSR count). The van der Waals surface area contributed by atoms with Gasteiger partial charge >= 0.3 is 0 Å². The average molecular weight is 274 g/mol. The van der Waals surface area contributed by atoms with Crippen molar-refractivity contribution in [3.05, 3.63) is 47.8 Å². The molecule has 0 fully saturated rings. The summed E-state index contributed by atoms with van der Waals surface area (Å²) in [6.07, 6.45) is 0.700. The lowest BCUT2D eigenvalue weighted by molar-refractivity contribution is 0.0906. The van der Waals surface area contributed by atoms with Gasteiger partial charge in [0.15, 0.2) is 0 Å². The van der Waals surface area contributed by atoms with E-state index in [1.54, 1.807) is 0 Å². The van der Waals surface area contributed by atoms with Gasteiger partial charge in [-0.15, -0.1) is 0 Å². The Labute approximate surface area is 117 Å². The number of carbonyl (C=O) groups excluding carboxylic acids is 1. The average Bonchev–Trinajstić information content (AvgIpc) is 2.86. The number of aryl methyl sites for hydroxylation is 1. The summed E-state index contributed by atoms with van der Waals surface area (Å²) < 4.78 is 1.53. The number of nitrogens with zero attached hydrogens (tertiary/aromatic N) is 2. The number of nitrogens with two attached hydrogens (primary N) is 1. The van der Waals surface area contributed by atoms with E-state index in [1.165, 1.54) is 10.9 Å². The minimum atomic E-state index is -0.751. The minimum Gasteiger partial charge on any atom is -0.396 e. The van der Waals surface area contributed by atoms with Gasteiger partial charge in [0.05, 0.1) is 18.0 Å².